The lowest BCUT2D eigenvalue weighted by atomic mass is 10.1. The molecule has 5 heteroatoms. The van der Waals surface area contributed by atoms with Crippen LogP contribution in [0.5, 0.6) is 5.75 Å². The van der Waals surface area contributed by atoms with Crippen LogP contribution in [0.4, 0.5) is 0 Å². The Labute approximate surface area is 116 Å². The smallest absolute Gasteiger partial charge is 0.282 e. The molecule has 0 bridgehead atoms. The Kier molecular flexibility index (Phi) is 4.16. The molecular formula is C15H15N3O2. The lowest BCUT2D eigenvalue weighted by Gasteiger charge is -2.12. The maximum Gasteiger partial charge on any atom is 0.282 e. The van der Waals surface area contributed by atoms with E-state index in [0.29, 0.717) is 24.0 Å². The third kappa shape index (κ3) is 3.04. The predicted octanol–water partition coefficient (Wildman–Crippen LogP) is 2.34. The van der Waals surface area contributed by atoms with Crippen LogP contribution in [-0.4, -0.2) is 16.8 Å². The summed E-state index contributed by atoms with van der Waals surface area (Å²) in [6.07, 6.45) is 0. The number of benzene rings is 1. The zero-order chi connectivity index (χ0) is 14.5. The van der Waals surface area contributed by atoms with Crippen LogP contribution in [-0.2, 0) is 0 Å². The minimum Gasteiger partial charge on any atom is -0.493 e. The number of hydrogen-bond acceptors (Lipinski definition) is 4. The van der Waals surface area contributed by atoms with Gasteiger partial charge in [0.15, 0.2) is 0 Å². The Balaban J connectivity index is 2.42. The van der Waals surface area contributed by atoms with Gasteiger partial charge in [-0.1, -0.05) is 26.0 Å². The molecule has 102 valence electrons. The Bertz CT molecular complexity index is 699. The van der Waals surface area contributed by atoms with Gasteiger partial charge in [-0.2, -0.15) is 10.4 Å². The highest BCUT2D eigenvalue weighted by molar-refractivity contribution is 5.67. The summed E-state index contributed by atoms with van der Waals surface area (Å²) >= 11 is 0. The average molecular weight is 269 g/mol. The summed E-state index contributed by atoms with van der Waals surface area (Å²) in [7, 11) is 0. The number of hydrogen-bond donors (Lipinski definition) is 1. The van der Waals surface area contributed by atoms with Gasteiger partial charge < -0.3 is 4.74 Å². The zero-order valence-corrected chi connectivity index (χ0v) is 11.4. The monoisotopic (exact) mass is 269 g/mol. The molecule has 0 radical (unpaired) electrons. The average Bonchev–Trinajstić information content (AvgIpc) is 2.46. The second-order valence-electron chi connectivity index (χ2n) is 4.81. The van der Waals surface area contributed by atoms with Gasteiger partial charge in [-0.15, -0.1) is 0 Å². The summed E-state index contributed by atoms with van der Waals surface area (Å²) in [6, 6.07) is 10.7. The molecule has 0 fully saturated rings. The van der Waals surface area contributed by atoms with Gasteiger partial charge in [-0.25, -0.2) is 5.10 Å². The first-order valence-electron chi connectivity index (χ1n) is 6.34. The van der Waals surface area contributed by atoms with Crippen LogP contribution in [0.3, 0.4) is 0 Å². The molecule has 2 rings (SSSR count). The maximum atomic E-state index is 11.4. The number of aromatic amines is 1. The highest BCUT2D eigenvalue weighted by atomic mass is 16.5. The van der Waals surface area contributed by atoms with Crippen molar-refractivity contribution in [3.8, 4) is 23.1 Å². The molecule has 0 saturated carbocycles. The summed E-state index contributed by atoms with van der Waals surface area (Å²) < 4.78 is 5.74. The number of para-hydroxylation sites is 1. The normalized spacial score (nSPS) is 10.3. The van der Waals surface area contributed by atoms with Gasteiger partial charge in [-0.3, -0.25) is 4.79 Å². The first kappa shape index (κ1) is 13.8. The van der Waals surface area contributed by atoms with Gasteiger partial charge in [0.1, 0.15) is 17.4 Å². The van der Waals surface area contributed by atoms with Crippen LogP contribution in [0.1, 0.15) is 19.4 Å². The lowest BCUT2D eigenvalue weighted by Crippen LogP contribution is -2.12. The van der Waals surface area contributed by atoms with Crippen molar-refractivity contribution in [1.29, 1.82) is 5.26 Å². The molecule has 5 nitrogen and oxygen atoms in total. The Morgan fingerprint density at radius 2 is 2.15 bits per heavy atom. The van der Waals surface area contributed by atoms with Crippen molar-refractivity contribution in [3.05, 3.63) is 46.2 Å². The highest BCUT2D eigenvalue weighted by Gasteiger charge is 2.10. The molecule has 0 unspecified atom stereocenters. The van der Waals surface area contributed by atoms with Crippen LogP contribution in [0.2, 0.25) is 0 Å². The molecule has 20 heavy (non-hydrogen) atoms. The first-order valence-corrected chi connectivity index (χ1v) is 6.34. The van der Waals surface area contributed by atoms with Gasteiger partial charge in [0.25, 0.3) is 5.56 Å². The van der Waals surface area contributed by atoms with E-state index in [2.05, 4.69) is 24.0 Å². The first-order chi connectivity index (χ1) is 9.61. The van der Waals surface area contributed by atoms with Crippen LogP contribution in [0.25, 0.3) is 11.3 Å². The predicted molar refractivity (Wildman–Crippen MR) is 75.3 cm³/mol. The third-order valence-corrected chi connectivity index (χ3v) is 2.66. The molecule has 0 spiro atoms. The van der Waals surface area contributed by atoms with E-state index in [-0.39, 0.29) is 5.56 Å². The number of nitrogens with zero attached hydrogens (tertiary/aromatic N) is 2. The van der Waals surface area contributed by atoms with E-state index < -0.39 is 5.56 Å². The molecule has 1 heterocycles. The number of aromatic nitrogens is 2. The molecule has 1 aromatic heterocycles. The molecule has 1 aromatic carbocycles. The standard InChI is InChI=1S/C15H15N3O2/c1-10(2)9-20-14-6-4-3-5-12(14)13-7-11(8-16)15(19)18-17-13/h3-7,10H,9H2,1-2H3,(H,18,19). The largest absolute Gasteiger partial charge is 0.493 e. The maximum absolute atomic E-state index is 11.4. The van der Waals surface area contributed by atoms with Gasteiger partial charge in [0, 0.05) is 5.56 Å². The van der Waals surface area contributed by atoms with E-state index in [4.69, 9.17) is 10.00 Å². The fourth-order valence-corrected chi connectivity index (χ4v) is 1.69. The minimum absolute atomic E-state index is 0.0358. The quantitative estimate of drug-likeness (QED) is 0.924. The molecule has 0 saturated heterocycles. The summed E-state index contributed by atoms with van der Waals surface area (Å²) in [4.78, 5) is 11.4. The molecule has 0 amide bonds. The van der Waals surface area contributed by atoms with E-state index in [9.17, 15) is 4.79 Å². The molecule has 1 N–H and O–H groups in total. The van der Waals surface area contributed by atoms with Crippen molar-refractivity contribution in [2.24, 2.45) is 5.92 Å². The van der Waals surface area contributed by atoms with Crippen molar-refractivity contribution in [2.45, 2.75) is 13.8 Å². The third-order valence-electron chi connectivity index (χ3n) is 2.66. The van der Waals surface area contributed by atoms with E-state index >= 15 is 0 Å². The molecule has 0 aliphatic rings. The van der Waals surface area contributed by atoms with E-state index in [1.807, 2.05) is 30.3 Å². The number of nitrogens with one attached hydrogen (secondary N) is 1. The second kappa shape index (κ2) is 6.02. The van der Waals surface area contributed by atoms with Crippen LogP contribution in [0.15, 0.2) is 35.1 Å². The second-order valence-corrected chi connectivity index (χ2v) is 4.81. The van der Waals surface area contributed by atoms with Crippen molar-refractivity contribution >= 4 is 0 Å². The van der Waals surface area contributed by atoms with Gasteiger partial charge in [-0.05, 0) is 24.1 Å². The van der Waals surface area contributed by atoms with E-state index in [0.717, 1.165) is 5.56 Å². The lowest BCUT2D eigenvalue weighted by molar-refractivity contribution is 0.272. The Hall–Kier alpha value is -2.61. The SMILES string of the molecule is CC(C)COc1ccccc1-c1cc(C#N)c(=O)[nH]n1. The number of rotatable bonds is 4. The number of nitriles is 1. The van der Waals surface area contributed by atoms with Gasteiger partial charge in [0.05, 0.1) is 12.3 Å². The topological polar surface area (TPSA) is 78.8 Å². The van der Waals surface area contributed by atoms with Crippen molar-refractivity contribution in [1.82, 2.24) is 10.2 Å². The Morgan fingerprint density at radius 1 is 1.40 bits per heavy atom. The zero-order valence-electron chi connectivity index (χ0n) is 11.4. The highest BCUT2D eigenvalue weighted by Crippen LogP contribution is 2.28. The summed E-state index contributed by atoms with van der Waals surface area (Å²) in [5.74, 6) is 1.09. The molecular weight excluding hydrogens is 254 g/mol. The Morgan fingerprint density at radius 3 is 2.85 bits per heavy atom. The van der Waals surface area contributed by atoms with E-state index in [1.54, 1.807) is 0 Å². The van der Waals surface area contributed by atoms with Crippen molar-refractivity contribution < 1.29 is 4.74 Å². The minimum atomic E-state index is -0.489. The summed E-state index contributed by atoms with van der Waals surface area (Å²) in [5, 5.41) is 15.2. The van der Waals surface area contributed by atoms with E-state index in [1.165, 1.54) is 6.07 Å². The fourth-order valence-electron chi connectivity index (χ4n) is 1.69. The molecule has 0 aliphatic carbocycles. The summed E-state index contributed by atoms with van der Waals surface area (Å²) in [6.45, 7) is 4.72. The number of H-pyrrole nitrogens is 1. The molecule has 0 aliphatic heterocycles. The van der Waals surface area contributed by atoms with Crippen LogP contribution in [0, 0.1) is 17.2 Å². The molecule has 0 atom stereocenters. The number of ether oxygens (including phenoxy) is 1. The fraction of sp³-hybridized carbons (Fsp3) is 0.267. The van der Waals surface area contributed by atoms with Crippen LogP contribution < -0.4 is 10.3 Å². The van der Waals surface area contributed by atoms with Crippen molar-refractivity contribution in [3.63, 3.8) is 0 Å². The van der Waals surface area contributed by atoms with Crippen LogP contribution >= 0.6 is 0 Å². The van der Waals surface area contributed by atoms with Gasteiger partial charge >= 0.3 is 0 Å². The van der Waals surface area contributed by atoms with Gasteiger partial charge in [0.2, 0.25) is 0 Å². The molecule has 2 aromatic rings. The van der Waals surface area contributed by atoms with Crippen molar-refractivity contribution in [2.75, 3.05) is 6.61 Å². The summed E-state index contributed by atoms with van der Waals surface area (Å²) in [5.41, 5.74) is 0.812.